The van der Waals surface area contributed by atoms with Gasteiger partial charge in [0.1, 0.15) is 19.5 Å². The Morgan fingerprint density at radius 3 is 3.11 bits per heavy atom. The minimum Gasteiger partial charge on any atom is -0.396 e. The first-order valence-corrected chi connectivity index (χ1v) is 9.67. The topological polar surface area (TPSA) is 78.0 Å². The van der Waals surface area contributed by atoms with Gasteiger partial charge in [0.25, 0.3) is 0 Å². The molecule has 3 rings (SSSR count). The molecular formula is C20H27BN6O. The molecule has 3 heterocycles. The number of aliphatic hydroxyl groups is 1. The lowest BCUT2D eigenvalue weighted by atomic mass is 9.99. The summed E-state index contributed by atoms with van der Waals surface area (Å²) in [6, 6.07) is 2.29. The van der Waals surface area contributed by atoms with E-state index in [0.29, 0.717) is 17.7 Å². The number of allylic oxidation sites excluding steroid dienone is 2. The van der Waals surface area contributed by atoms with Gasteiger partial charge in [-0.25, -0.2) is 4.98 Å². The zero-order valence-corrected chi connectivity index (χ0v) is 16.4. The van der Waals surface area contributed by atoms with Gasteiger partial charge in [-0.1, -0.05) is 18.7 Å². The van der Waals surface area contributed by atoms with Crippen molar-refractivity contribution >= 4 is 36.8 Å². The smallest absolute Gasteiger partial charge is 0.152 e. The minimum absolute atomic E-state index is 0.176. The molecule has 1 unspecified atom stereocenters. The number of aromatic nitrogens is 3. The van der Waals surface area contributed by atoms with Crippen molar-refractivity contribution in [3.8, 4) is 0 Å². The van der Waals surface area contributed by atoms with Crippen LogP contribution in [0.3, 0.4) is 0 Å². The second-order valence-corrected chi connectivity index (χ2v) is 6.91. The van der Waals surface area contributed by atoms with Crippen molar-refractivity contribution in [3.63, 3.8) is 0 Å². The third-order valence-corrected chi connectivity index (χ3v) is 4.97. The van der Waals surface area contributed by atoms with Gasteiger partial charge in [0.05, 0.1) is 0 Å². The van der Waals surface area contributed by atoms with Crippen LogP contribution in [0.15, 0.2) is 41.6 Å². The Labute approximate surface area is 167 Å². The number of hydrogen-bond donors (Lipinski definition) is 2. The summed E-state index contributed by atoms with van der Waals surface area (Å²) >= 11 is 0. The van der Waals surface area contributed by atoms with Gasteiger partial charge in [0.2, 0.25) is 0 Å². The van der Waals surface area contributed by atoms with Crippen LogP contribution < -0.4 is 15.7 Å². The largest absolute Gasteiger partial charge is 0.396 e. The van der Waals surface area contributed by atoms with E-state index in [0.717, 1.165) is 43.0 Å². The Hall–Kier alpha value is -2.61. The van der Waals surface area contributed by atoms with Gasteiger partial charge in [-0.2, -0.15) is 9.61 Å². The van der Waals surface area contributed by atoms with E-state index >= 15 is 0 Å². The van der Waals surface area contributed by atoms with E-state index in [1.165, 1.54) is 6.42 Å². The molecule has 2 N–H and O–H groups in total. The van der Waals surface area contributed by atoms with Crippen LogP contribution in [0.4, 0.5) is 11.6 Å². The lowest BCUT2D eigenvalue weighted by Crippen LogP contribution is -2.40. The molecule has 2 radical (unpaired) electrons. The molecule has 2 aromatic heterocycles. The summed E-state index contributed by atoms with van der Waals surface area (Å²) in [5, 5.41) is 17.2. The molecule has 1 aliphatic heterocycles. The molecule has 1 aliphatic rings. The molecule has 2 aromatic rings. The van der Waals surface area contributed by atoms with E-state index in [9.17, 15) is 5.11 Å². The predicted molar refractivity (Wildman–Crippen MR) is 116 cm³/mol. The normalized spacial score (nSPS) is 18.1. The maximum absolute atomic E-state index is 9.45. The highest BCUT2D eigenvalue weighted by molar-refractivity contribution is 6.36. The first-order chi connectivity index (χ1) is 13.7. The van der Waals surface area contributed by atoms with Crippen molar-refractivity contribution in [2.24, 2.45) is 4.99 Å². The van der Waals surface area contributed by atoms with Crippen LogP contribution >= 0.6 is 0 Å². The van der Waals surface area contributed by atoms with Crippen molar-refractivity contribution in [1.29, 1.82) is 0 Å². The molecule has 1 fully saturated rings. The van der Waals surface area contributed by atoms with Crippen LogP contribution in [0.25, 0.3) is 5.65 Å². The average Bonchev–Trinajstić information content (AvgIpc) is 3.08. The number of fused-ring (bicyclic) bond motifs is 1. The Bertz CT molecular complexity index is 873. The molecule has 0 saturated carbocycles. The number of aliphatic hydroxyl groups excluding tert-OH is 1. The SMILES string of the molecule is [B]c1cnn2c(NC/C(C=NC)=C/C=C)cc(N3CCCCC3CCO)nc12. The molecular weight excluding hydrogens is 351 g/mol. The molecule has 0 aliphatic carbocycles. The van der Waals surface area contributed by atoms with Crippen LogP contribution in [-0.4, -0.2) is 66.6 Å². The summed E-state index contributed by atoms with van der Waals surface area (Å²) in [5.74, 6) is 1.67. The molecule has 0 aromatic carbocycles. The summed E-state index contributed by atoms with van der Waals surface area (Å²) in [4.78, 5) is 11.1. The monoisotopic (exact) mass is 378 g/mol. The average molecular weight is 378 g/mol. The Morgan fingerprint density at radius 1 is 1.50 bits per heavy atom. The molecule has 0 amide bonds. The van der Waals surface area contributed by atoms with Gasteiger partial charge >= 0.3 is 0 Å². The van der Waals surface area contributed by atoms with Crippen LogP contribution in [0.5, 0.6) is 0 Å². The van der Waals surface area contributed by atoms with Crippen molar-refractivity contribution in [2.75, 3.05) is 37.0 Å². The third kappa shape index (κ3) is 4.44. The fourth-order valence-corrected chi connectivity index (χ4v) is 3.65. The molecule has 0 spiro atoms. The van der Waals surface area contributed by atoms with Crippen LogP contribution in [0.2, 0.25) is 0 Å². The summed E-state index contributed by atoms with van der Waals surface area (Å²) in [5.41, 5.74) is 2.17. The molecule has 146 valence electrons. The summed E-state index contributed by atoms with van der Waals surface area (Å²) < 4.78 is 1.72. The van der Waals surface area contributed by atoms with Crippen LogP contribution in [0.1, 0.15) is 25.7 Å². The second-order valence-electron chi connectivity index (χ2n) is 6.91. The van der Waals surface area contributed by atoms with E-state index in [1.54, 1.807) is 30.1 Å². The summed E-state index contributed by atoms with van der Waals surface area (Å²) in [6.45, 7) is 5.42. The molecule has 28 heavy (non-hydrogen) atoms. The molecule has 1 saturated heterocycles. The predicted octanol–water partition coefficient (Wildman–Crippen LogP) is 1.49. The number of hydrogen-bond acceptors (Lipinski definition) is 6. The quantitative estimate of drug-likeness (QED) is 0.414. The number of aliphatic imine (C=N–C) groups is 1. The van der Waals surface area contributed by atoms with Gasteiger partial charge in [0.15, 0.2) is 5.65 Å². The van der Waals surface area contributed by atoms with E-state index in [4.69, 9.17) is 12.8 Å². The third-order valence-electron chi connectivity index (χ3n) is 4.97. The van der Waals surface area contributed by atoms with E-state index in [-0.39, 0.29) is 12.6 Å². The highest BCUT2D eigenvalue weighted by Gasteiger charge is 2.24. The fourth-order valence-electron chi connectivity index (χ4n) is 3.65. The Kier molecular flexibility index (Phi) is 6.87. The lowest BCUT2D eigenvalue weighted by Gasteiger charge is -2.36. The van der Waals surface area contributed by atoms with E-state index in [1.807, 2.05) is 12.1 Å². The highest BCUT2D eigenvalue weighted by Crippen LogP contribution is 2.27. The van der Waals surface area contributed by atoms with Crippen LogP contribution in [0, 0.1) is 0 Å². The molecule has 7 nitrogen and oxygen atoms in total. The maximum atomic E-state index is 9.45. The zero-order chi connectivity index (χ0) is 19.9. The first-order valence-electron chi connectivity index (χ1n) is 9.67. The maximum Gasteiger partial charge on any atom is 0.152 e. The van der Waals surface area contributed by atoms with Crippen molar-refractivity contribution < 1.29 is 5.11 Å². The highest BCUT2D eigenvalue weighted by atomic mass is 16.3. The minimum atomic E-state index is 0.176. The van der Waals surface area contributed by atoms with Gasteiger partial charge in [-0.15, -0.1) is 0 Å². The Morgan fingerprint density at radius 2 is 2.36 bits per heavy atom. The van der Waals surface area contributed by atoms with Gasteiger partial charge in [0, 0.05) is 51.3 Å². The van der Waals surface area contributed by atoms with E-state index < -0.39 is 0 Å². The fraction of sp³-hybridized carbons (Fsp3) is 0.450. The first kappa shape index (κ1) is 20.1. The number of anilines is 2. The van der Waals surface area contributed by atoms with Crippen LogP contribution in [-0.2, 0) is 0 Å². The standard InChI is InChI=1S/C20H27BN6O/c1-3-6-15(12-22-2)13-23-18-11-19(25-20-17(21)14-24-27(18)20)26-9-5-4-7-16(26)8-10-28/h3,6,11-12,14,16,23,28H,1,4-5,7-10,13H2,2H3/b15-6+,22-12?. The number of nitrogens with zero attached hydrogens (tertiary/aromatic N) is 5. The van der Waals surface area contributed by atoms with Gasteiger partial charge in [-0.3, -0.25) is 4.99 Å². The summed E-state index contributed by atoms with van der Waals surface area (Å²) in [6.07, 6.45) is 11.2. The Balaban J connectivity index is 1.95. The zero-order valence-electron chi connectivity index (χ0n) is 16.4. The van der Waals surface area contributed by atoms with E-state index in [2.05, 4.69) is 26.9 Å². The van der Waals surface area contributed by atoms with Crippen molar-refractivity contribution in [3.05, 3.63) is 36.6 Å². The molecule has 0 bridgehead atoms. The van der Waals surface area contributed by atoms with Crippen molar-refractivity contribution in [2.45, 2.75) is 31.7 Å². The number of rotatable bonds is 8. The van der Waals surface area contributed by atoms with Gasteiger partial charge in [-0.05, 0) is 36.7 Å². The molecule has 1 atom stereocenters. The second kappa shape index (κ2) is 9.55. The number of piperidine rings is 1. The number of nitrogens with one attached hydrogen (secondary N) is 1. The van der Waals surface area contributed by atoms with Gasteiger partial charge < -0.3 is 15.3 Å². The summed E-state index contributed by atoms with van der Waals surface area (Å²) in [7, 11) is 7.85. The van der Waals surface area contributed by atoms with Crippen molar-refractivity contribution in [1.82, 2.24) is 14.6 Å². The molecule has 8 heteroatoms. The lowest BCUT2D eigenvalue weighted by molar-refractivity contribution is 0.262.